The molecule has 0 unspecified atom stereocenters. The monoisotopic (exact) mass is 1510 g/mol. The van der Waals surface area contributed by atoms with Gasteiger partial charge in [0.2, 0.25) is 17.7 Å². The lowest BCUT2D eigenvalue weighted by atomic mass is 9.85. The number of nitrogens with two attached hydrogens (primary N) is 6. The summed E-state index contributed by atoms with van der Waals surface area (Å²) < 4.78 is 5.09. The first-order valence-electron chi connectivity index (χ1n) is 37.5. The molecule has 3 aliphatic rings. The summed E-state index contributed by atoms with van der Waals surface area (Å²) in [5, 5.41) is 22.9. The topological polar surface area (TPSA) is 409 Å². The van der Waals surface area contributed by atoms with Gasteiger partial charge >= 0.3 is 0 Å². The number of anilines is 3. The Labute approximate surface area is 646 Å². The van der Waals surface area contributed by atoms with Crippen molar-refractivity contribution in [2.45, 2.75) is 136 Å². The third-order valence-electron chi connectivity index (χ3n) is 21.3. The van der Waals surface area contributed by atoms with Gasteiger partial charge in [-0.15, -0.1) is 0 Å². The van der Waals surface area contributed by atoms with Gasteiger partial charge in [-0.05, 0) is 149 Å². The van der Waals surface area contributed by atoms with Crippen molar-refractivity contribution < 1.29 is 43.2 Å². The Morgan fingerprint density at radius 1 is 0.342 bits per heavy atom. The van der Waals surface area contributed by atoms with Gasteiger partial charge in [-0.3, -0.25) is 43.2 Å². The first-order valence-corrected chi connectivity index (χ1v) is 37.5. The lowest BCUT2D eigenvalue weighted by Crippen LogP contribution is -2.33. The van der Waals surface area contributed by atoms with Crippen LogP contribution in [0.25, 0.3) is 33.8 Å². The van der Waals surface area contributed by atoms with Gasteiger partial charge in [0.05, 0.1) is 18.1 Å². The molecule has 3 aromatic heterocycles. The summed E-state index contributed by atoms with van der Waals surface area (Å²) in [5.74, 6) is -1.14. The Morgan fingerprint density at radius 3 is 0.757 bits per heavy atom. The summed E-state index contributed by atoms with van der Waals surface area (Å²) in [7, 11) is 10.6. The standard InChI is InChI=1S/3C28H34N6O3/c3*1-17-6-4-5-7-22(17)27(36)31-16-18-8-10-19(11-9-18)24-23(26(30)35)25(29)34(32-24)21-14-12-20(13-15-21)28(37)33(2)3/h3*4-11,20-21H,12-16,29H2,1-3H3,(H2,30,35)(H,31,36). The predicted octanol–water partition coefficient (Wildman–Crippen LogP) is 9.87. The van der Waals surface area contributed by atoms with Crippen LogP contribution in [0.1, 0.15) is 191 Å². The number of hydrogen-bond donors (Lipinski definition) is 9. The molecule has 111 heavy (non-hydrogen) atoms. The molecule has 3 saturated carbocycles. The average Bonchev–Trinajstić information content (AvgIpc) is 1.64. The quantitative estimate of drug-likeness (QED) is 0.0323. The molecule has 582 valence electrons. The van der Waals surface area contributed by atoms with E-state index in [1.807, 2.05) is 148 Å². The normalized spacial score (nSPS) is 17.3. The fraction of sp³-hybridized carbons (Fsp3) is 0.357. The maximum atomic E-state index is 12.5. The number of nitrogen functional groups attached to an aromatic ring is 3. The molecule has 0 aliphatic heterocycles. The molecule has 9 amide bonds. The predicted molar refractivity (Wildman–Crippen MR) is 428 cm³/mol. The Hall–Kier alpha value is -12.4. The van der Waals surface area contributed by atoms with Gasteiger partial charge in [-0.1, -0.05) is 127 Å². The molecule has 0 spiro atoms. The van der Waals surface area contributed by atoms with E-state index in [2.05, 4.69) is 16.0 Å². The summed E-state index contributed by atoms with van der Waals surface area (Å²) in [6.07, 6.45) is 8.91. The zero-order valence-corrected chi connectivity index (χ0v) is 64.6. The second kappa shape index (κ2) is 36.2. The van der Waals surface area contributed by atoms with Gasteiger partial charge in [-0.2, -0.15) is 15.3 Å². The number of rotatable bonds is 21. The van der Waals surface area contributed by atoms with Crippen LogP contribution in [0, 0.1) is 38.5 Å². The molecule has 3 heterocycles. The second-order valence-electron chi connectivity index (χ2n) is 29.6. The van der Waals surface area contributed by atoms with Crippen LogP contribution in [0.4, 0.5) is 17.5 Å². The first-order chi connectivity index (χ1) is 53.0. The third kappa shape index (κ3) is 19.2. The van der Waals surface area contributed by atoms with E-state index in [4.69, 9.17) is 49.7 Å². The highest BCUT2D eigenvalue weighted by Gasteiger charge is 2.36. The number of aryl methyl sites for hydroxylation is 3. The summed E-state index contributed by atoms with van der Waals surface area (Å²) in [4.78, 5) is 116. The highest BCUT2D eigenvalue weighted by Crippen LogP contribution is 2.41. The summed E-state index contributed by atoms with van der Waals surface area (Å²) in [6, 6.07) is 44.7. The number of carbonyl (C=O) groups excluding carboxylic acids is 9. The van der Waals surface area contributed by atoms with Gasteiger partial charge in [0, 0.05) is 113 Å². The van der Waals surface area contributed by atoms with Crippen LogP contribution < -0.4 is 50.4 Å². The highest BCUT2D eigenvalue weighted by molar-refractivity contribution is 6.05. The van der Waals surface area contributed by atoms with Crippen LogP contribution in [-0.2, 0) is 34.0 Å². The fourth-order valence-corrected chi connectivity index (χ4v) is 15.0. The second-order valence-corrected chi connectivity index (χ2v) is 29.6. The summed E-state index contributed by atoms with van der Waals surface area (Å²) >= 11 is 0. The minimum atomic E-state index is -0.634. The van der Waals surface area contributed by atoms with Gasteiger partial charge in [0.25, 0.3) is 35.4 Å². The molecular weight excluding hydrogens is 1410 g/mol. The average molecular weight is 1510 g/mol. The van der Waals surface area contributed by atoms with Gasteiger partial charge in [0.1, 0.15) is 51.2 Å². The number of nitrogens with one attached hydrogen (secondary N) is 3. The fourth-order valence-electron chi connectivity index (χ4n) is 15.0. The zero-order valence-electron chi connectivity index (χ0n) is 64.6. The molecule has 15 N–H and O–H groups in total. The molecule has 0 saturated heterocycles. The van der Waals surface area contributed by atoms with Crippen LogP contribution in [0.3, 0.4) is 0 Å². The largest absolute Gasteiger partial charge is 0.383 e. The van der Waals surface area contributed by atoms with Crippen molar-refractivity contribution in [2.24, 2.45) is 35.0 Å². The van der Waals surface area contributed by atoms with Crippen LogP contribution >= 0.6 is 0 Å². The summed E-state index contributed by atoms with van der Waals surface area (Å²) in [5.41, 5.74) is 47.7. The van der Waals surface area contributed by atoms with Crippen molar-refractivity contribution in [1.29, 1.82) is 0 Å². The molecule has 0 bridgehead atoms. The Morgan fingerprint density at radius 2 is 0.559 bits per heavy atom. The molecule has 27 nitrogen and oxygen atoms in total. The van der Waals surface area contributed by atoms with E-state index in [0.29, 0.717) is 70.1 Å². The zero-order chi connectivity index (χ0) is 80.1. The van der Waals surface area contributed by atoms with Crippen molar-refractivity contribution in [2.75, 3.05) is 59.5 Å². The van der Waals surface area contributed by atoms with Crippen molar-refractivity contribution in [1.82, 2.24) is 60.0 Å². The molecule has 3 aliphatic carbocycles. The molecule has 9 aromatic rings. The van der Waals surface area contributed by atoms with Crippen molar-refractivity contribution >= 4 is 70.6 Å². The Balaban J connectivity index is 0.000000177. The van der Waals surface area contributed by atoms with E-state index in [1.54, 1.807) is 89.2 Å². The number of aromatic nitrogens is 6. The van der Waals surface area contributed by atoms with Gasteiger partial charge in [0.15, 0.2) is 0 Å². The van der Waals surface area contributed by atoms with E-state index in [1.165, 1.54) is 0 Å². The van der Waals surface area contributed by atoms with Crippen molar-refractivity contribution in [3.63, 3.8) is 0 Å². The number of benzene rings is 6. The smallest absolute Gasteiger partial charge is 0.254 e. The van der Waals surface area contributed by atoms with E-state index in [0.717, 1.165) is 110 Å². The molecule has 27 heteroatoms. The Bertz CT molecular complexity index is 4400. The maximum Gasteiger partial charge on any atom is 0.254 e. The lowest BCUT2D eigenvalue weighted by molar-refractivity contribution is -0.134. The minimum absolute atomic E-state index is 0.00282. The molecule has 3 fully saturated rings. The van der Waals surface area contributed by atoms with E-state index in [-0.39, 0.29) is 105 Å². The molecular formula is C84H102N18O9. The lowest BCUT2D eigenvalue weighted by Gasteiger charge is -2.30. The number of amides is 9. The highest BCUT2D eigenvalue weighted by atomic mass is 16.2. The number of nitrogens with zero attached hydrogens (tertiary/aromatic N) is 9. The van der Waals surface area contributed by atoms with Crippen LogP contribution in [-0.4, -0.2) is 139 Å². The SMILES string of the molecule is Cc1ccccc1C(=O)NCc1ccc(-c2nn(C3CCC(C(=O)N(C)C)CC3)c(N)c2C(N)=O)cc1.Cc1ccccc1C(=O)NCc1ccc(-c2nn(C3CCC(C(=O)N(C)C)CC3)c(N)c2C(N)=O)cc1.Cc1ccccc1C(=O)NCc1ccc(-c2nn(C3CCC(C(=O)N(C)C)CC3)c(N)c2C(N)=O)cc1. The van der Waals surface area contributed by atoms with E-state index in [9.17, 15) is 43.2 Å². The first kappa shape index (κ1) is 81.1. The third-order valence-corrected chi connectivity index (χ3v) is 21.3. The van der Waals surface area contributed by atoms with E-state index >= 15 is 0 Å². The number of carbonyl (C=O) groups is 9. The molecule has 12 rings (SSSR count). The molecule has 0 atom stereocenters. The van der Waals surface area contributed by atoms with Crippen LogP contribution in [0.15, 0.2) is 146 Å². The molecule has 6 aromatic carbocycles. The van der Waals surface area contributed by atoms with Crippen LogP contribution in [0.5, 0.6) is 0 Å². The number of primary amides is 3. The van der Waals surface area contributed by atoms with Gasteiger partial charge in [-0.25, -0.2) is 14.0 Å². The molecule has 0 radical (unpaired) electrons. The van der Waals surface area contributed by atoms with Gasteiger partial charge < -0.3 is 65.1 Å². The minimum Gasteiger partial charge on any atom is -0.383 e. The van der Waals surface area contributed by atoms with Crippen LogP contribution in [0.2, 0.25) is 0 Å². The number of hydrogen-bond acceptors (Lipinski definition) is 15. The van der Waals surface area contributed by atoms with E-state index < -0.39 is 17.7 Å². The van der Waals surface area contributed by atoms with Crippen molar-refractivity contribution in [3.8, 4) is 33.8 Å². The van der Waals surface area contributed by atoms with Crippen molar-refractivity contribution in [3.05, 3.63) is 212 Å². The maximum absolute atomic E-state index is 12.5. The summed E-state index contributed by atoms with van der Waals surface area (Å²) in [6.45, 7) is 6.80. The Kier molecular flexibility index (Phi) is 26.4.